The fourth-order valence-electron chi connectivity index (χ4n) is 1.02. The van der Waals surface area contributed by atoms with Gasteiger partial charge < -0.3 is 9.63 Å². The van der Waals surface area contributed by atoms with Gasteiger partial charge in [-0.25, -0.2) is 0 Å². The second kappa shape index (κ2) is 5.53. The lowest BCUT2D eigenvalue weighted by Crippen LogP contribution is -2.12. The van der Waals surface area contributed by atoms with E-state index in [4.69, 9.17) is 9.63 Å². The SMILES string of the molecule is CC(CSCc1noc(C(C)(C)C)n1)C(=O)O. The molecule has 1 aromatic rings. The Balaban J connectivity index is 2.43. The molecule has 96 valence electrons. The average molecular weight is 258 g/mol. The summed E-state index contributed by atoms with van der Waals surface area (Å²) in [6, 6.07) is 0. The van der Waals surface area contributed by atoms with E-state index < -0.39 is 5.97 Å². The minimum absolute atomic E-state index is 0.149. The van der Waals surface area contributed by atoms with E-state index in [0.717, 1.165) is 0 Å². The van der Waals surface area contributed by atoms with E-state index in [0.29, 0.717) is 23.2 Å². The molecule has 1 heterocycles. The van der Waals surface area contributed by atoms with Crippen molar-refractivity contribution in [3.63, 3.8) is 0 Å². The molecule has 0 aliphatic rings. The zero-order valence-electron chi connectivity index (χ0n) is 10.6. The van der Waals surface area contributed by atoms with Gasteiger partial charge >= 0.3 is 5.97 Å². The Kier molecular flexibility index (Phi) is 4.56. The summed E-state index contributed by atoms with van der Waals surface area (Å²) in [7, 11) is 0. The van der Waals surface area contributed by atoms with Crippen molar-refractivity contribution >= 4 is 17.7 Å². The minimum atomic E-state index is -0.777. The molecule has 1 rings (SSSR count). The van der Waals surface area contributed by atoms with Gasteiger partial charge in [0.2, 0.25) is 5.89 Å². The van der Waals surface area contributed by atoms with Crippen LogP contribution >= 0.6 is 11.8 Å². The second-order valence-corrected chi connectivity index (χ2v) is 6.05. The van der Waals surface area contributed by atoms with Gasteiger partial charge in [0, 0.05) is 11.2 Å². The summed E-state index contributed by atoms with van der Waals surface area (Å²) < 4.78 is 5.14. The normalized spacial score (nSPS) is 13.6. The van der Waals surface area contributed by atoms with Gasteiger partial charge in [-0.15, -0.1) is 0 Å². The third kappa shape index (κ3) is 4.38. The standard InChI is InChI=1S/C11H18N2O3S/c1-7(9(14)15)5-17-6-8-12-10(16-13-8)11(2,3)4/h7H,5-6H2,1-4H3,(H,14,15). The van der Waals surface area contributed by atoms with Crippen LogP contribution in [0, 0.1) is 5.92 Å². The van der Waals surface area contributed by atoms with Crippen LogP contribution in [0.4, 0.5) is 0 Å². The highest BCUT2D eigenvalue weighted by Gasteiger charge is 2.21. The van der Waals surface area contributed by atoms with E-state index in [-0.39, 0.29) is 11.3 Å². The van der Waals surface area contributed by atoms with Crippen molar-refractivity contribution < 1.29 is 14.4 Å². The highest BCUT2D eigenvalue weighted by Crippen LogP contribution is 2.21. The summed E-state index contributed by atoms with van der Waals surface area (Å²) in [5, 5.41) is 12.6. The van der Waals surface area contributed by atoms with E-state index in [1.165, 1.54) is 11.8 Å². The topological polar surface area (TPSA) is 76.2 Å². The smallest absolute Gasteiger partial charge is 0.307 e. The lowest BCUT2D eigenvalue weighted by atomic mass is 9.97. The molecule has 0 saturated carbocycles. The molecule has 6 heteroatoms. The maximum Gasteiger partial charge on any atom is 0.307 e. The molecule has 17 heavy (non-hydrogen) atoms. The van der Waals surface area contributed by atoms with Crippen LogP contribution in [0.2, 0.25) is 0 Å². The van der Waals surface area contributed by atoms with E-state index in [1.54, 1.807) is 6.92 Å². The summed E-state index contributed by atoms with van der Waals surface area (Å²) in [5.74, 6) is 1.23. The van der Waals surface area contributed by atoms with Crippen LogP contribution in [0.25, 0.3) is 0 Å². The maximum atomic E-state index is 10.6. The van der Waals surface area contributed by atoms with Crippen molar-refractivity contribution in [3.8, 4) is 0 Å². The van der Waals surface area contributed by atoms with E-state index in [9.17, 15) is 4.79 Å². The zero-order chi connectivity index (χ0) is 13.1. The third-order valence-electron chi connectivity index (χ3n) is 2.13. The summed E-state index contributed by atoms with van der Waals surface area (Å²) >= 11 is 1.50. The lowest BCUT2D eigenvalue weighted by molar-refractivity contribution is -0.140. The average Bonchev–Trinajstić information content (AvgIpc) is 2.65. The van der Waals surface area contributed by atoms with Crippen LogP contribution in [-0.2, 0) is 16.0 Å². The molecule has 5 nitrogen and oxygen atoms in total. The molecular formula is C11H18N2O3S. The summed E-state index contributed by atoms with van der Waals surface area (Å²) in [6.45, 7) is 7.70. The number of aliphatic carboxylic acids is 1. The number of carboxylic acid groups (broad SMARTS) is 1. The first kappa shape index (κ1) is 14.0. The first-order valence-electron chi connectivity index (χ1n) is 5.44. The van der Waals surface area contributed by atoms with Crippen molar-refractivity contribution in [2.24, 2.45) is 5.92 Å². The summed E-state index contributed by atoms with van der Waals surface area (Å²) in [4.78, 5) is 14.9. The van der Waals surface area contributed by atoms with E-state index in [2.05, 4.69) is 10.1 Å². The van der Waals surface area contributed by atoms with Crippen molar-refractivity contribution in [2.45, 2.75) is 38.9 Å². The van der Waals surface area contributed by atoms with Gasteiger partial charge in [-0.05, 0) is 0 Å². The molecule has 1 unspecified atom stereocenters. The predicted molar refractivity (Wildman–Crippen MR) is 66.0 cm³/mol. The first-order chi connectivity index (χ1) is 7.80. The van der Waals surface area contributed by atoms with Crippen LogP contribution < -0.4 is 0 Å². The highest BCUT2D eigenvalue weighted by atomic mass is 32.2. The van der Waals surface area contributed by atoms with Gasteiger partial charge in [0.15, 0.2) is 5.82 Å². The van der Waals surface area contributed by atoms with Crippen molar-refractivity contribution in [3.05, 3.63) is 11.7 Å². The van der Waals surface area contributed by atoms with Gasteiger partial charge in [-0.3, -0.25) is 4.79 Å². The highest BCUT2D eigenvalue weighted by molar-refractivity contribution is 7.98. The molecule has 0 saturated heterocycles. The number of carbonyl (C=O) groups is 1. The van der Waals surface area contributed by atoms with Gasteiger partial charge in [-0.1, -0.05) is 32.9 Å². The van der Waals surface area contributed by atoms with E-state index >= 15 is 0 Å². The first-order valence-corrected chi connectivity index (χ1v) is 6.60. The molecular weight excluding hydrogens is 240 g/mol. The van der Waals surface area contributed by atoms with Crippen molar-refractivity contribution in [1.82, 2.24) is 10.1 Å². The lowest BCUT2D eigenvalue weighted by Gasteiger charge is -2.10. The molecule has 0 aliphatic carbocycles. The Morgan fingerprint density at radius 3 is 2.65 bits per heavy atom. The van der Waals surface area contributed by atoms with Crippen molar-refractivity contribution in [2.75, 3.05) is 5.75 Å². The molecule has 0 radical (unpaired) electrons. The Bertz CT molecular complexity index is 384. The van der Waals surface area contributed by atoms with Crippen LogP contribution in [-0.4, -0.2) is 27.0 Å². The minimum Gasteiger partial charge on any atom is -0.481 e. The summed E-state index contributed by atoms with van der Waals surface area (Å²) in [5.41, 5.74) is -0.149. The number of aromatic nitrogens is 2. The second-order valence-electron chi connectivity index (χ2n) is 5.02. The Morgan fingerprint density at radius 1 is 1.53 bits per heavy atom. The number of hydrogen-bond acceptors (Lipinski definition) is 5. The fourth-order valence-corrected chi connectivity index (χ4v) is 1.93. The molecule has 0 fully saturated rings. The Hall–Kier alpha value is -1.04. The van der Waals surface area contributed by atoms with E-state index in [1.807, 2.05) is 20.8 Å². The van der Waals surface area contributed by atoms with Crippen LogP contribution in [0.3, 0.4) is 0 Å². The molecule has 0 aliphatic heterocycles. The van der Waals surface area contributed by atoms with Crippen LogP contribution in [0.5, 0.6) is 0 Å². The molecule has 1 N–H and O–H groups in total. The number of rotatable bonds is 5. The monoisotopic (exact) mass is 258 g/mol. The van der Waals surface area contributed by atoms with Crippen molar-refractivity contribution in [1.29, 1.82) is 0 Å². The molecule has 1 aromatic heterocycles. The number of hydrogen-bond donors (Lipinski definition) is 1. The number of carboxylic acids is 1. The third-order valence-corrected chi connectivity index (χ3v) is 3.33. The number of nitrogens with zero attached hydrogens (tertiary/aromatic N) is 2. The molecule has 0 amide bonds. The fraction of sp³-hybridized carbons (Fsp3) is 0.727. The molecule has 0 aromatic carbocycles. The van der Waals surface area contributed by atoms with Gasteiger partial charge in [0.1, 0.15) is 0 Å². The van der Waals surface area contributed by atoms with Gasteiger partial charge in [-0.2, -0.15) is 16.7 Å². The Morgan fingerprint density at radius 2 is 2.18 bits per heavy atom. The Labute approximate surface area is 105 Å². The number of thioether (sulfide) groups is 1. The molecule has 0 spiro atoms. The molecule has 1 atom stereocenters. The quantitative estimate of drug-likeness (QED) is 0.873. The van der Waals surface area contributed by atoms with Gasteiger partial charge in [0.05, 0.1) is 11.7 Å². The van der Waals surface area contributed by atoms with Gasteiger partial charge in [0.25, 0.3) is 0 Å². The van der Waals surface area contributed by atoms with Crippen LogP contribution in [0.15, 0.2) is 4.52 Å². The maximum absolute atomic E-state index is 10.6. The predicted octanol–water partition coefficient (Wildman–Crippen LogP) is 2.32. The van der Waals surface area contributed by atoms with Crippen LogP contribution in [0.1, 0.15) is 39.4 Å². The zero-order valence-corrected chi connectivity index (χ0v) is 11.4. The summed E-state index contributed by atoms with van der Waals surface area (Å²) in [6.07, 6.45) is 0. The molecule has 0 bridgehead atoms. The largest absolute Gasteiger partial charge is 0.481 e.